The van der Waals surface area contributed by atoms with Gasteiger partial charge in [0.25, 0.3) is 0 Å². The van der Waals surface area contributed by atoms with Crippen LogP contribution in [0.25, 0.3) is 0 Å². The number of ether oxygens (including phenoxy) is 2. The lowest BCUT2D eigenvalue weighted by molar-refractivity contribution is 0.0417. The molecule has 1 aromatic rings. The summed E-state index contributed by atoms with van der Waals surface area (Å²) in [4.78, 5) is 6.92. The van der Waals surface area contributed by atoms with E-state index in [1.165, 1.54) is 31.4 Å². The lowest BCUT2D eigenvalue weighted by Gasteiger charge is -2.26. The van der Waals surface area contributed by atoms with Crippen molar-refractivity contribution in [1.29, 1.82) is 0 Å². The molecule has 21 heavy (non-hydrogen) atoms. The molecule has 0 bridgehead atoms. The molecule has 0 aromatic carbocycles. The van der Waals surface area contributed by atoms with Crippen LogP contribution in [0.1, 0.15) is 36.9 Å². The molecule has 2 fully saturated rings. The molecule has 4 heteroatoms. The molecule has 116 valence electrons. The average molecular weight is 290 g/mol. The maximum atomic E-state index is 6.07. The van der Waals surface area contributed by atoms with Gasteiger partial charge in [0.05, 0.1) is 12.7 Å². The molecule has 3 rings (SSSR count). The van der Waals surface area contributed by atoms with Gasteiger partial charge in [-0.25, -0.2) is 0 Å². The van der Waals surface area contributed by atoms with Crippen LogP contribution in [0.5, 0.6) is 0 Å². The maximum Gasteiger partial charge on any atom is 0.0736 e. The Morgan fingerprint density at radius 2 is 2.24 bits per heavy atom. The van der Waals surface area contributed by atoms with Gasteiger partial charge in [-0.15, -0.1) is 0 Å². The Kier molecular flexibility index (Phi) is 5.22. The van der Waals surface area contributed by atoms with Crippen molar-refractivity contribution in [3.8, 4) is 0 Å². The first-order valence-electron chi connectivity index (χ1n) is 8.16. The van der Waals surface area contributed by atoms with Crippen molar-refractivity contribution < 1.29 is 9.47 Å². The number of pyridine rings is 1. The molecular weight excluding hydrogens is 264 g/mol. The highest BCUT2D eigenvalue weighted by Crippen LogP contribution is 2.22. The van der Waals surface area contributed by atoms with Gasteiger partial charge in [0.1, 0.15) is 0 Å². The summed E-state index contributed by atoms with van der Waals surface area (Å²) in [6.07, 6.45) is 7.09. The summed E-state index contributed by atoms with van der Waals surface area (Å²) < 4.78 is 11.6. The molecule has 2 atom stereocenters. The van der Waals surface area contributed by atoms with E-state index in [2.05, 4.69) is 16.0 Å². The van der Waals surface area contributed by atoms with Gasteiger partial charge in [-0.3, -0.25) is 9.88 Å². The van der Waals surface area contributed by atoms with E-state index in [0.29, 0.717) is 18.8 Å². The van der Waals surface area contributed by atoms with Crippen molar-refractivity contribution in [3.05, 3.63) is 29.6 Å². The van der Waals surface area contributed by atoms with Crippen molar-refractivity contribution in [2.75, 3.05) is 26.3 Å². The quantitative estimate of drug-likeness (QED) is 0.853. The fourth-order valence-corrected chi connectivity index (χ4v) is 3.27. The minimum Gasteiger partial charge on any atom is -0.381 e. The zero-order valence-corrected chi connectivity index (χ0v) is 13.0. The van der Waals surface area contributed by atoms with E-state index in [1.807, 2.05) is 19.2 Å². The highest BCUT2D eigenvalue weighted by atomic mass is 16.5. The standard InChI is InChI=1S/C17H26N2O2/c1-14-4-5-15(11-18-14)13-21-17-6-8-19(12-17)16-3-2-9-20-10-7-16/h4-5,11,16-17H,2-3,6-10,12-13H2,1H3/t16?,17-/m1/s1. The van der Waals surface area contributed by atoms with Crippen LogP contribution in [0.4, 0.5) is 0 Å². The Labute approximate surface area is 127 Å². The molecule has 2 aliphatic rings. The average Bonchev–Trinajstić information content (AvgIpc) is 2.80. The van der Waals surface area contributed by atoms with E-state index < -0.39 is 0 Å². The normalized spacial score (nSPS) is 27.7. The Bertz CT molecular complexity index is 427. The van der Waals surface area contributed by atoms with Crippen LogP contribution in [-0.4, -0.2) is 48.3 Å². The summed E-state index contributed by atoms with van der Waals surface area (Å²) in [5.74, 6) is 0. The summed E-state index contributed by atoms with van der Waals surface area (Å²) in [6.45, 7) is 6.79. The molecule has 0 N–H and O–H groups in total. The maximum absolute atomic E-state index is 6.07. The van der Waals surface area contributed by atoms with E-state index in [1.54, 1.807) is 0 Å². The van der Waals surface area contributed by atoms with Crippen LogP contribution in [0.3, 0.4) is 0 Å². The molecule has 4 nitrogen and oxygen atoms in total. The predicted octanol–water partition coefficient (Wildman–Crippen LogP) is 2.55. The monoisotopic (exact) mass is 290 g/mol. The van der Waals surface area contributed by atoms with Gasteiger partial charge in [0.15, 0.2) is 0 Å². The molecule has 0 amide bonds. The zero-order valence-electron chi connectivity index (χ0n) is 13.0. The Hall–Kier alpha value is -0.970. The summed E-state index contributed by atoms with van der Waals surface area (Å²) >= 11 is 0. The largest absolute Gasteiger partial charge is 0.381 e. The van der Waals surface area contributed by atoms with E-state index in [-0.39, 0.29) is 0 Å². The van der Waals surface area contributed by atoms with Gasteiger partial charge in [-0.1, -0.05) is 6.07 Å². The van der Waals surface area contributed by atoms with Crippen molar-refractivity contribution in [2.45, 2.75) is 51.4 Å². The van der Waals surface area contributed by atoms with Crippen LogP contribution >= 0.6 is 0 Å². The second kappa shape index (κ2) is 7.34. The van der Waals surface area contributed by atoms with Crippen molar-refractivity contribution in [1.82, 2.24) is 9.88 Å². The second-order valence-electron chi connectivity index (χ2n) is 6.22. The molecule has 1 unspecified atom stereocenters. The Morgan fingerprint density at radius 3 is 3.10 bits per heavy atom. The lowest BCUT2D eigenvalue weighted by atomic mass is 10.1. The molecule has 0 radical (unpaired) electrons. The van der Waals surface area contributed by atoms with Crippen molar-refractivity contribution >= 4 is 0 Å². The highest BCUT2D eigenvalue weighted by molar-refractivity contribution is 5.12. The van der Waals surface area contributed by atoms with Crippen LogP contribution in [0.15, 0.2) is 18.3 Å². The van der Waals surface area contributed by atoms with Gasteiger partial charge >= 0.3 is 0 Å². The van der Waals surface area contributed by atoms with Gasteiger partial charge in [-0.05, 0) is 44.2 Å². The minimum absolute atomic E-state index is 0.371. The number of hydrogen-bond donors (Lipinski definition) is 0. The third-order valence-corrected chi connectivity index (χ3v) is 4.57. The number of aromatic nitrogens is 1. The van der Waals surface area contributed by atoms with Crippen LogP contribution in [0, 0.1) is 6.92 Å². The van der Waals surface area contributed by atoms with Crippen LogP contribution < -0.4 is 0 Å². The van der Waals surface area contributed by atoms with Crippen molar-refractivity contribution in [2.24, 2.45) is 0 Å². The topological polar surface area (TPSA) is 34.6 Å². The van der Waals surface area contributed by atoms with Gasteiger partial charge in [0.2, 0.25) is 0 Å². The first-order chi connectivity index (χ1) is 10.3. The zero-order chi connectivity index (χ0) is 14.5. The lowest BCUT2D eigenvalue weighted by Crippen LogP contribution is -2.34. The van der Waals surface area contributed by atoms with E-state index in [4.69, 9.17) is 9.47 Å². The predicted molar refractivity (Wildman–Crippen MR) is 82.2 cm³/mol. The smallest absolute Gasteiger partial charge is 0.0736 e. The van der Waals surface area contributed by atoms with E-state index >= 15 is 0 Å². The first-order valence-corrected chi connectivity index (χ1v) is 8.16. The third-order valence-electron chi connectivity index (χ3n) is 4.57. The van der Waals surface area contributed by atoms with Crippen LogP contribution in [-0.2, 0) is 16.1 Å². The summed E-state index contributed by atoms with van der Waals surface area (Å²) in [6, 6.07) is 4.85. The van der Waals surface area contributed by atoms with E-state index in [0.717, 1.165) is 31.9 Å². The SMILES string of the molecule is Cc1ccc(CO[C@@H]2CCN(C3CCCOCC3)C2)cn1. The van der Waals surface area contributed by atoms with Crippen LogP contribution in [0.2, 0.25) is 0 Å². The molecule has 2 aliphatic heterocycles. The van der Waals surface area contributed by atoms with Crippen molar-refractivity contribution in [3.63, 3.8) is 0 Å². The summed E-state index contributed by atoms with van der Waals surface area (Å²) in [7, 11) is 0. The fraction of sp³-hybridized carbons (Fsp3) is 0.706. The number of nitrogens with zero attached hydrogens (tertiary/aromatic N) is 2. The third kappa shape index (κ3) is 4.25. The molecule has 2 saturated heterocycles. The van der Waals surface area contributed by atoms with Gasteiger partial charge < -0.3 is 9.47 Å². The number of aryl methyl sites for hydroxylation is 1. The number of rotatable bonds is 4. The first kappa shape index (κ1) is 14.9. The molecular formula is C17H26N2O2. The molecule has 0 saturated carbocycles. The molecule has 3 heterocycles. The fourth-order valence-electron chi connectivity index (χ4n) is 3.27. The van der Waals surface area contributed by atoms with Gasteiger partial charge in [0, 0.05) is 44.2 Å². The Balaban J connectivity index is 1.44. The van der Waals surface area contributed by atoms with E-state index in [9.17, 15) is 0 Å². The molecule has 1 aromatic heterocycles. The molecule has 0 spiro atoms. The second-order valence-corrected chi connectivity index (χ2v) is 6.22. The molecule has 0 aliphatic carbocycles. The summed E-state index contributed by atoms with van der Waals surface area (Å²) in [5.41, 5.74) is 2.23. The number of hydrogen-bond acceptors (Lipinski definition) is 4. The summed E-state index contributed by atoms with van der Waals surface area (Å²) in [5, 5.41) is 0. The highest BCUT2D eigenvalue weighted by Gasteiger charge is 2.29. The Morgan fingerprint density at radius 1 is 1.29 bits per heavy atom. The van der Waals surface area contributed by atoms with Gasteiger partial charge in [-0.2, -0.15) is 0 Å². The number of likely N-dealkylation sites (tertiary alicyclic amines) is 1. The minimum atomic E-state index is 0.371.